The summed E-state index contributed by atoms with van der Waals surface area (Å²) in [6.07, 6.45) is 4.25. The van der Waals surface area contributed by atoms with Crippen LogP contribution in [0.5, 0.6) is 0 Å². The maximum Gasteiger partial charge on any atom is 0.306 e. The van der Waals surface area contributed by atoms with Gasteiger partial charge in [0.05, 0.1) is 5.92 Å². The van der Waals surface area contributed by atoms with Crippen LogP contribution in [0, 0.1) is 11.8 Å². The molecule has 0 amide bonds. The highest BCUT2D eigenvalue weighted by Gasteiger charge is 2.28. The first-order valence-electron chi connectivity index (χ1n) is 6.90. The van der Waals surface area contributed by atoms with Crippen LogP contribution in [-0.4, -0.2) is 11.1 Å². The van der Waals surface area contributed by atoms with Gasteiger partial charge in [0.15, 0.2) is 0 Å². The summed E-state index contributed by atoms with van der Waals surface area (Å²) < 4.78 is 0. The summed E-state index contributed by atoms with van der Waals surface area (Å²) >= 11 is 0. The van der Waals surface area contributed by atoms with Gasteiger partial charge in [0.2, 0.25) is 0 Å². The third kappa shape index (κ3) is 2.74. The van der Waals surface area contributed by atoms with E-state index >= 15 is 0 Å². The van der Waals surface area contributed by atoms with E-state index in [2.05, 4.69) is 24.3 Å². The predicted octanol–water partition coefficient (Wildman–Crippen LogP) is 3.85. The Morgan fingerprint density at radius 3 is 2.78 bits per heavy atom. The molecule has 0 radical (unpaired) electrons. The third-order valence-electron chi connectivity index (χ3n) is 4.15. The maximum atomic E-state index is 11.3. The summed E-state index contributed by atoms with van der Waals surface area (Å²) in [5.74, 6) is -0.232. The first-order chi connectivity index (χ1) is 8.59. The summed E-state index contributed by atoms with van der Waals surface area (Å²) in [5.41, 5.74) is 2.80. The molecule has 0 fully saturated rings. The molecule has 0 saturated carbocycles. The molecule has 0 bridgehead atoms. The van der Waals surface area contributed by atoms with Gasteiger partial charge in [-0.15, -0.1) is 0 Å². The second-order valence-electron chi connectivity index (χ2n) is 5.71. The van der Waals surface area contributed by atoms with E-state index < -0.39 is 5.97 Å². The van der Waals surface area contributed by atoms with E-state index in [1.54, 1.807) is 0 Å². The van der Waals surface area contributed by atoms with Gasteiger partial charge < -0.3 is 5.11 Å². The lowest BCUT2D eigenvalue weighted by molar-refractivity contribution is -0.143. The number of carbonyl (C=O) groups is 1. The average Bonchev–Trinajstić information content (AvgIpc) is 2.35. The van der Waals surface area contributed by atoms with Gasteiger partial charge in [0.1, 0.15) is 0 Å². The molecule has 98 valence electrons. The van der Waals surface area contributed by atoms with Crippen LogP contribution in [0.15, 0.2) is 24.3 Å². The number of carboxylic acids is 1. The molecule has 2 rings (SSSR count). The van der Waals surface area contributed by atoms with Crippen LogP contribution in [0.25, 0.3) is 0 Å². The fraction of sp³-hybridized carbons (Fsp3) is 0.562. The minimum Gasteiger partial charge on any atom is -0.481 e. The summed E-state index contributed by atoms with van der Waals surface area (Å²) in [4.78, 5) is 11.3. The Labute approximate surface area is 109 Å². The lowest BCUT2D eigenvalue weighted by Crippen LogP contribution is -2.24. The fourth-order valence-corrected chi connectivity index (χ4v) is 3.06. The summed E-state index contributed by atoms with van der Waals surface area (Å²) in [6, 6.07) is 8.52. The van der Waals surface area contributed by atoms with Crippen LogP contribution >= 0.6 is 0 Å². The first-order valence-corrected chi connectivity index (χ1v) is 6.90. The lowest BCUT2D eigenvalue weighted by Gasteiger charge is -2.28. The second kappa shape index (κ2) is 5.55. The van der Waals surface area contributed by atoms with Crippen molar-refractivity contribution in [2.75, 3.05) is 0 Å². The van der Waals surface area contributed by atoms with Gasteiger partial charge >= 0.3 is 5.97 Å². The molecule has 0 spiro atoms. The minimum atomic E-state index is -0.645. The SMILES string of the molecule is CC(C)C(CC1CCCc2ccccc21)C(=O)O. The Hall–Kier alpha value is -1.31. The summed E-state index contributed by atoms with van der Waals surface area (Å²) in [7, 11) is 0. The van der Waals surface area contributed by atoms with Crippen molar-refractivity contribution in [1.29, 1.82) is 0 Å². The zero-order valence-electron chi connectivity index (χ0n) is 11.2. The van der Waals surface area contributed by atoms with E-state index in [0.29, 0.717) is 5.92 Å². The number of carboxylic acid groups (broad SMARTS) is 1. The van der Waals surface area contributed by atoms with E-state index in [0.717, 1.165) is 19.3 Å². The summed E-state index contributed by atoms with van der Waals surface area (Å²) in [6.45, 7) is 4.01. The Morgan fingerprint density at radius 2 is 2.11 bits per heavy atom. The molecule has 2 heteroatoms. The van der Waals surface area contributed by atoms with Gasteiger partial charge in [-0.25, -0.2) is 0 Å². The van der Waals surface area contributed by atoms with Gasteiger partial charge in [-0.05, 0) is 48.6 Å². The first kappa shape index (κ1) is 13.1. The van der Waals surface area contributed by atoms with Gasteiger partial charge in [0.25, 0.3) is 0 Å². The second-order valence-corrected chi connectivity index (χ2v) is 5.71. The number of fused-ring (bicyclic) bond motifs is 1. The Balaban J connectivity index is 2.18. The molecule has 0 saturated heterocycles. The zero-order valence-corrected chi connectivity index (χ0v) is 11.2. The van der Waals surface area contributed by atoms with Crippen LogP contribution in [-0.2, 0) is 11.2 Å². The predicted molar refractivity (Wildman–Crippen MR) is 72.7 cm³/mol. The molecule has 2 atom stereocenters. The molecular formula is C16H22O2. The highest BCUT2D eigenvalue weighted by molar-refractivity contribution is 5.70. The molecule has 1 aromatic carbocycles. The van der Waals surface area contributed by atoms with Crippen LogP contribution < -0.4 is 0 Å². The fourth-order valence-electron chi connectivity index (χ4n) is 3.06. The van der Waals surface area contributed by atoms with E-state index in [1.807, 2.05) is 13.8 Å². The topological polar surface area (TPSA) is 37.3 Å². The molecule has 18 heavy (non-hydrogen) atoms. The largest absolute Gasteiger partial charge is 0.481 e. The molecule has 0 heterocycles. The standard InChI is InChI=1S/C16H22O2/c1-11(2)15(16(17)18)10-13-8-5-7-12-6-3-4-9-14(12)13/h3-4,6,9,11,13,15H,5,7-8,10H2,1-2H3,(H,17,18). The highest BCUT2D eigenvalue weighted by Crippen LogP contribution is 2.37. The van der Waals surface area contributed by atoms with E-state index in [4.69, 9.17) is 0 Å². The number of rotatable bonds is 4. The minimum absolute atomic E-state index is 0.205. The highest BCUT2D eigenvalue weighted by atomic mass is 16.4. The quantitative estimate of drug-likeness (QED) is 0.876. The van der Waals surface area contributed by atoms with Gasteiger partial charge in [0, 0.05) is 0 Å². The zero-order chi connectivity index (χ0) is 13.1. The number of aliphatic carboxylic acids is 1. The number of aryl methyl sites for hydroxylation is 1. The van der Waals surface area contributed by atoms with Crippen molar-refractivity contribution in [2.45, 2.75) is 45.4 Å². The van der Waals surface area contributed by atoms with E-state index in [9.17, 15) is 9.90 Å². The van der Waals surface area contributed by atoms with Crippen molar-refractivity contribution in [3.8, 4) is 0 Å². The normalized spacial score (nSPS) is 20.5. The van der Waals surface area contributed by atoms with Crippen molar-refractivity contribution >= 4 is 5.97 Å². The van der Waals surface area contributed by atoms with Gasteiger partial charge in [-0.1, -0.05) is 38.1 Å². The average molecular weight is 246 g/mol. The van der Waals surface area contributed by atoms with Crippen molar-refractivity contribution in [1.82, 2.24) is 0 Å². The smallest absolute Gasteiger partial charge is 0.306 e. The number of hydrogen-bond acceptors (Lipinski definition) is 1. The molecule has 0 aromatic heterocycles. The maximum absolute atomic E-state index is 11.3. The monoisotopic (exact) mass is 246 g/mol. The van der Waals surface area contributed by atoms with Crippen molar-refractivity contribution in [3.05, 3.63) is 35.4 Å². The molecular weight excluding hydrogens is 224 g/mol. The molecule has 1 N–H and O–H groups in total. The van der Waals surface area contributed by atoms with E-state index in [-0.39, 0.29) is 11.8 Å². The Morgan fingerprint density at radius 1 is 1.39 bits per heavy atom. The lowest BCUT2D eigenvalue weighted by atomic mass is 9.76. The molecule has 1 aliphatic carbocycles. The van der Waals surface area contributed by atoms with Crippen molar-refractivity contribution in [3.63, 3.8) is 0 Å². The van der Waals surface area contributed by atoms with Crippen LogP contribution in [0.4, 0.5) is 0 Å². The van der Waals surface area contributed by atoms with Crippen LogP contribution in [0.2, 0.25) is 0 Å². The summed E-state index contributed by atoms with van der Waals surface area (Å²) in [5, 5.41) is 9.32. The van der Waals surface area contributed by atoms with Crippen LogP contribution in [0.1, 0.15) is 50.2 Å². The third-order valence-corrected chi connectivity index (χ3v) is 4.15. The van der Waals surface area contributed by atoms with Crippen LogP contribution in [0.3, 0.4) is 0 Å². The molecule has 2 nitrogen and oxygen atoms in total. The molecule has 0 aliphatic heterocycles. The van der Waals surface area contributed by atoms with Crippen molar-refractivity contribution in [2.24, 2.45) is 11.8 Å². The van der Waals surface area contributed by atoms with E-state index in [1.165, 1.54) is 17.5 Å². The van der Waals surface area contributed by atoms with Gasteiger partial charge in [-0.3, -0.25) is 4.79 Å². The van der Waals surface area contributed by atoms with Crippen molar-refractivity contribution < 1.29 is 9.90 Å². The number of benzene rings is 1. The molecule has 1 aromatic rings. The number of hydrogen-bond donors (Lipinski definition) is 1. The molecule has 1 aliphatic rings. The molecule has 2 unspecified atom stereocenters. The Kier molecular flexibility index (Phi) is 4.05. The Bertz CT molecular complexity index is 423. The van der Waals surface area contributed by atoms with Gasteiger partial charge in [-0.2, -0.15) is 0 Å².